The minimum atomic E-state index is -4.33. The molecule has 0 unspecified atom stereocenters. The van der Waals surface area contributed by atoms with Gasteiger partial charge in [-0.1, -0.05) is 36.4 Å². The highest BCUT2D eigenvalue weighted by atomic mass is 28.2. The zero-order valence-corrected chi connectivity index (χ0v) is 16.4. The van der Waals surface area contributed by atoms with E-state index in [4.69, 9.17) is 13.9 Å². The number of halogens is 3. The van der Waals surface area contributed by atoms with Gasteiger partial charge in [0, 0.05) is 18.8 Å². The maximum absolute atomic E-state index is 12.7. The Labute approximate surface area is 148 Å². The van der Waals surface area contributed by atoms with Crippen LogP contribution in [0.15, 0.2) is 48.5 Å². The van der Waals surface area contributed by atoms with Gasteiger partial charge in [-0.15, -0.1) is 0 Å². The predicted octanol–water partition coefficient (Wildman–Crippen LogP) is 3.85. The molecule has 0 amide bonds. The molecular weight excluding hydrogens is 349 g/mol. The van der Waals surface area contributed by atoms with Gasteiger partial charge in [0.1, 0.15) is 0 Å². The van der Waals surface area contributed by atoms with E-state index in [2.05, 4.69) is 0 Å². The number of rotatable bonds is 7. The Morgan fingerprint density at radius 2 is 1.16 bits per heavy atom. The molecule has 136 valence electrons. The highest BCUT2D eigenvalue weighted by Gasteiger charge is 2.33. The number of ether oxygens (including phenoxy) is 2. The largest absolute Gasteiger partial charge is 0.416 e. The van der Waals surface area contributed by atoms with Gasteiger partial charge in [-0.3, -0.25) is 0 Å². The first-order valence-corrected chi connectivity index (χ1v) is 8.79. The lowest BCUT2D eigenvalue weighted by Gasteiger charge is -2.32. The Bertz CT molecular complexity index is 663. The molecule has 0 aliphatic carbocycles. The standard InChI is InChI=1S/C18H21F3O3Si/c1-3-22-18(24-25,23-4-2)16-11-7-14(8-12-16)13-5-9-15(10-6-13)17(19,20)21/h5-12H,3-4H2,1-2,25H3. The smallest absolute Gasteiger partial charge is 0.376 e. The average Bonchev–Trinajstić information content (AvgIpc) is 2.61. The van der Waals surface area contributed by atoms with Crippen LogP contribution in [-0.2, 0) is 26.0 Å². The maximum atomic E-state index is 12.7. The van der Waals surface area contributed by atoms with E-state index in [1.807, 2.05) is 26.0 Å². The van der Waals surface area contributed by atoms with Gasteiger partial charge in [-0.2, -0.15) is 13.2 Å². The van der Waals surface area contributed by atoms with Crippen LogP contribution in [0.25, 0.3) is 11.1 Å². The van der Waals surface area contributed by atoms with E-state index in [-0.39, 0.29) is 0 Å². The summed E-state index contributed by atoms with van der Waals surface area (Å²) in [6.45, 7) is 4.54. The summed E-state index contributed by atoms with van der Waals surface area (Å²) in [7, 11) is 0.421. The zero-order chi connectivity index (χ0) is 18.5. The molecule has 3 nitrogen and oxygen atoms in total. The topological polar surface area (TPSA) is 27.7 Å². The maximum Gasteiger partial charge on any atom is 0.416 e. The molecule has 0 spiro atoms. The summed E-state index contributed by atoms with van der Waals surface area (Å²) in [5.41, 5.74) is 1.54. The van der Waals surface area contributed by atoms with Crippen molar-refractivity contribution in [2.75, 3.05) is 13.2 Å². The molecular formula is C18H21F3O3Si. The molecule has 0 N–H and O–H groups in total. The van der Waals surface area contributed by atoms with Crippen molar-refractivity contribution in [1.82, 2.24) is 0 Å². The fourth-order valence-corrected chi connectivity index (χ4v) is 3.01. The molecule has 0 heterocycles. The van der Waals surface area contributed by atoms with Crippen LogP contribution in [0.5, 0.6) is 0 Å². The normalized spacial score (nSPS) is 12.5. The van der Waals surface area contributed by atoms with E-state index < -0.39 is 17.7 Å². The van der Waals surface area contributed by atoms with Gasteiger partial charge in [-0.25, -0.2) is 0 Å². The number of alkyl halides is 3. The van der Waals surface area contributed by atoms with Crippen LogP contribution in [0, 0.1) is 0 Å². The molecule has 0 saturated carbocycles. The summed E-state index contributed by atoms with van der Waals surface area (Å²) in [6.07, 6.45) is -4.33. The molecule has 2 aromatic rings. The molecule has 0 aromatic heterocycles. The lowest BCUT2D eigenvalue weighted by Crippen LogP contribution is -2.35. The first kappa shape index (κ1) is 19.6. The van der Waals surface area contributed by atoms with Crippen LogP contribution in [0.3, 0.4) is 0 Å². The van der Waals surface area contributed by atoms with Gasteiger partial charge in [0.15, 0.2) is 10.5 Å². The van der Waals surface area contributed by atoms with E-state index in [1.165, 1.54) is 12.1 Å². The van der Waals surface area contributed by atoms with E-state index in [0.29, 0.717) is 34.8 Å². The fourth-order valence-electron chi connectivity index (χ4n) is 2.54. The number of benzene rings is 2. The van der Waals surface area contributed by atoms with E-state index in [0.717, 1.165) is 17.7 Å². The van der Waals surface area contributed by atoms with Crippen molar-refractivity contribution in [3.63, 3.8) is 0 Å². The lowest BCUT2D eigenvalue weighted by molar-refractivity contribution is -0.352. The second kappa shape index (κ2) is 8.14. The Hall–Kier alpha value is -1.67. The summed E-state index contributed by atoms with van der Waals surface area (Å²) in [4.78, 5) is 0. The Balaban J connectivity index is 2.29. The molecule has 2 rings (SSSR count). The average molecular weight is 370 g/mol. The molecule has 0 aliphatic heterocycles. The monoisotopic (exact) mass is 370 g/mol. The second-order valence-corrected chi connectivity index (χ2v) is 5.69. The quantitative estimate of drug-likeness (QED) is 0.547. The third-order valence-electron chi connectivity index (χ3n) is 3.72. The van der Waals surface area contributed by atoms with Gasteiger partial charge >= 0.3 is 12.1 Å². The minimum absolute atomic E-state index is 0.420. The van der Waals surface area contributed by atoms with Crippen molar-refractivity contribution in [3.8, 4) is 11.1 Å². The predicted molar refractivity (Wildman–Crippen MR) is 92.8 cm³/mol. The van der Waals surface area contributed by atoms with Gasteiger partial charge in [-0.05, 0) is 37.1 Å². The number of hydrogen-bond donors (Lipinski definition) is 0. The zero-order valence-electron chi connectivity index (χ0n) is 14.4. The molecule has 0 bridgehead atoms. The Kier molecular flexibility index (Phi) is 6.40. The fraction of sp³-hybridized carbons (Fsp3) is 0.333. The minimum Gasteiger partial charge on any atom is -0.376 e. The Morgan fingerprint density at radius 1 is 0.760 bits per heavy atom. The van der Waals surface area contributed by atoms with Crippen LogP contribution >= 0.6 is 0 Å². The SMILES string of the molecule is CCOC(O[SiH3])(OCC)c1ccc(-c2ccc(C(F)(F)F)cc2)cc1. The van der Waals surface area contributed by atoms with Crippen molar-refractivity contribution >= 4 is 10.5 Å². The van der Waals surface area contributed by atoms with Gasteiger partial charge in [0.25, 0.3) is 0 Å². The lowest BCUT2D eigenvalue weighted by atomic mass is 10.0. The van der Waals surface area contributed by atoms with Crippen molar-refractivity contribution in [3.05, 3.63) is 59.7 Å². The van der Waals surface area contributed by atoms with Crippen molar-refractivity contribution in [2.24, 2.45) is 0 Å². The van der Waals surface area contributed by atoms with E-state index >= 15 is 0 Å². The molecule has 7 heteroatoms. The molecule has 2 aromatic carbocycles. The summed E-state index contributed by atoms with van der Waals surface area (Å²) in [5.74, 6) is -1.23. The first-order chi connectivity index (χ1) is 11.9. The Morgan fingerprint density at radius 3 is 1.48 bits per heavy atom. The molecule has 25 heavy (non-hydrogen) atoms. The van der Waals surface area contributed by atoms with Crippen molar-refractivity contribution < 1.29 is 27.1 Å². The molecule has 0 saturated heterocycles. The van der Waals surface area contributed by atoms with Gasteiger partial charge < -0.3 is 13.9 Å². The van der Waals surface area contributed by atoms with E-state index in [9.17, 15) is 13.2 Å². The van der Waals surface area contributed by atoms with Crippen LogP contribution in [0.1, 0.15) is 25.0 Å². The molecule has 0 atom stereocenters. The van der Waals surface area contributed by atoms with Crippen molar-refractivity contribution in [2.45, 2.75) is 26.0 Å². The molecule has 0 fully saturated rings. The molecule has 0 radical (unpaired) electrons. The highest BCUT2D eigenvalue weighted by Crippen LogP contribution is 2.33. The van der Waals surface area contributed by atoms with Gasteiger partial charge in [0.2, 0.25) is 0 Å². The highest BCUT2D eigenvalue weighted by molar-refractivity contribution is 5.98. The summed E-state index contributed by atoms with van der Waals surface area (Å²) in [6, 6.07) is 12.3. The van der Waals surface area contributed by atoms with Crippen LogP contribution < -0.4 is 0 Å². The molecule has 0 aliphatic rings. The van der Waals surface area contributed by atoms with Crippen LogP contribution in [0.2, 0.25) is 0 Å². The summed E-state index contributed by atoms with van der Waals surface area (Å²) >= 11 is 0. The second-order valence-electron chi connectivity index (χ2n) is 5.28. The van der Waals surface area contributed by atoms with Gasteiger partial charge in [0.05, 0.1) is 5.56 Å². The summed E-state index contributed by atoms with van der Waals surface area (Å²) < 4.78 is 54.9. The summed E-state index contributed by atoms with van der Waals surface area (Å²) in [5, 5.41) is 0. The van der Waals surface area contributed by atoms with Crippen molar-refractivity contribution in [1.29, 1.82) is 0 Å². The van der Waals surface area contributed by atoms with E-state index in [1.54, 1.807) is 12.1 Å². The van der Waals surface area contributed by atoms with Crippen LogP contribution in [0.4, 0.5) is 13.2 Å². The third kappa shape index (κ3) is 4.49. The first-order valence-electron chi connectivity index (χ1n) is 7.97. The van der Waals surface area contributed by atoms with Crippen LogP contribution in [-0.4, -0.2) is 23.7 Å². The third-order valence-corrected chi connectivity index (χ3v) is 4.26. The number of hydrogen-bond acceptors (Lipinski definition) is 3.